The van der Waals surface area contributed by atoms with Gasteiger partial charge in [-0.15, -0.1) is 0 Å². The highest BCUT2D eigenvalue weighted by Crippen LogP contribution is 2.30. The second kappa shape index (κ2) is 8.19. The third-order valence-electron chi connectivity index (χ3n) is 2.96. The first-order chi connectivity index (χ1) is 12.3. The molecule has 2 aromatic rings. The Hall–Kier alpha value is -3.30. The maximum Gasteiger partial charge on any atom is 0.416 e. The van der Waals surface area contributed by atoms with E-state index >= 15 is 0 Å². The van der Waals surface area contributed by atoms with Gasteiger partial charge >= 0.3 is 12.1 Å². The molecule has 138 valence electrons. The van der Waals surface area contributed by atoms with Crippen molar-refractivity contribution < 1.29 is 36.8 Å². The molecule has 1 heterocycles. The molecular weight excluding hydrogens is 357 g/mol. The van der Waals surface area contributed by atoms with Crippen molar-refractivity contribution in [1.29, 1.82) is 0 Å². The second-order valence-electron chi connectivity index (χ2n) is 4.83. The van der Waals surface area contributed by atoms with E-state index in [4.69, 9.17) is 9.25 Å². The van der Waals surface area contributed by atoms with E-state index in [9.17, 15) is 22.8 Å². The van der Waals surface area contributed by atoms with Crippen LogP contribution in [0.1, 0.15) is 21.9 Å². The fourth-order valence-corrected chi connectivity index (χ4v) is 1.80. The molecule has 0 spiro atoms. The number of nitrogens with one attached hydrogen (secondary N) is 1. The maximum absolute atomic E-state index is 12.6. The van der Waals surface area contributed by atoms with Crippen molar-refractivity contribution in [3.05, 3.63) is 53.5 Å². The van der Waals surface area contributed by atoms with Crippen LogP contribution < -0.4 is 5.32 Å². The van der Waals surface area contributed by atoms with Crippen LogP contribution in [0.15, 0.2) is 46.0 Å². The molecule has 0 atom stereocenters. The third-order valence-corrected chi connectivity index (χ3v) is 2.96. The van der Waals surface area contributed by atoms with Gasteiger partial charge in [0.05, 0.1) is 12.7 Å². The number of hydrogen-bond acceptors (Lipinski definition) is 6. The number of esters is 1. The van der Waals surface area contributed by atoms with Crippen molar-refractivity contribution >= 4 is 23.8 Å². The van der Waals surface area contributed by atoms with Gasteiger partial charge in [-0.05, 0) is 30.3 Å². The number of ether oxygens (including phenoxy) is 1. The van der Waals surface area contributed by atoms with Crippen LogP contribution in [0.2, 0.25) is 0 Å². The molecule has 0 bridgehead atoms. The van der Waals surface area contributed by atoms with Gasteiger partial charge in [-0.25, -0.2) is 4.79 Å². The van der Waals surface area contributed by atoms with E-state index in [0.717, 1.165) is 18.3 Å². The summed E-state index contributed by atoms with van der Waals surface area (Å²) in [6.45, 7) is -0.162. The van der Waals surface area contributed by atoms with Crippen LogP contribution in [0.3, 0.4) is 0 Å². The largest absolute Gasteiger partial charge is 0.463 e. The van der Waals surface area contributed by atoms with Crippen LogP contribution in [0.25, 0.3) is 0 Å². The Morgan fingerprint density at radius 1 is 1.27 bits per heavy atom. The molecule has 1 N–H and O–H groups in total. The summed E-state index contributed by atoms with van der Waals surface area (Å²) in [4.78, 5) is 27.6. The molecule has 0 saturated heterocycles. The smallest absolute Gasteiger partial charge is 0.416 e. The van der Waals surface area contributed by atoms with Crippen LogP contribution in [0.4, 0.5) is 18.9 Å². The highest BCUT2D eigenvalue weighted by molar-refractivity contribution is 6.31. The lowest BCUT2D eigenvalue weighted by atomic mass is 10.2. The van der Waals surface area contributed by atoms with Crippen LogP contribution >= 0.6 is 0 Å². The summed E-state index contributed by atoms with van der Waals surface area (Å²) in [6, 6.07) is 7.00. The van der Waals surface area contributed by atoms with E-state index in [0.29, 0.717) is 0 Å². The van der Waals surface area contributed by atoms with E-state index in [-0.39, 0.29) is 23.8 Å². The van der Waals surface area contributed by atoms with Crippen LogP contribution in [0.5, 0.6) is 0 Å². The Balaban J connectivity index is 1.84. The predicted octanol–water partition coefficient (Wildman–Crippen LogP) is 3.23. The molecule has 10 heteroatoms. The molecule has 0 unspecified atom stereocenters. The Bertz CT molecular complexity index is 814. The minimum Gasteiger partial charge on any atom is -0.463 e. The topological polar surface area (TPSA) is 90.1 Å². The quantitative estimate of drug-likeness (QED) is 0.479. The highest BCUT2D eigenvalue weighted by atomic mass is 19.4. The summed E-state index contributed by atoms with van der Waals surface area (Å²) in [6.07, 6.45) is -3.76. The van der Waals surface area contributed by atoms with Crippen molar-refractivity contribution in [2.75, 3.05) is 12.4 Å². The lowest BCUT2D eigenvalue weighted by molar-refractivity contribution is -0.137. The first-order valence-corrected chi connectivity index (χ1v) is 7.10. The summed E-state index contributed by atoms with van der Waals surface area (Å²) >= 11 is 0. The number of furan rings is 1. The Labute approximate surface area is 145 Å². The summed E-state index contributed by atoms with van der Waals surface area (Å²) in [5.41, 5.74) is -0.923. The zero-order valence-electron chi connectivity index (χ0n) is 13.4. The minimum absolute atomic E-state index is 0.0163. The van der Waals surface area contributed by atoms with E-state index in [2.05, 4.69) is 15.2 Å². The number of carbonyl (C=O) groups excluding carboxylic acids is 2. The molecule has 1 aromatic heterocycles. The SMILES string of the molecule is COC(=O)c1ccc(CON=CC(=O)Nc2cccc(C(F)(F)F)c2)o1. The van der Waals surface area contributed by atoms with Gasteiger partial charge in [0.15, 0.2) is 6.61 Å². The van der Waals surface area contributed by atoms with Gasteiger partial charge < -0.3 is 19.3 Å². The molecule has 7 nitrogen and oxygen atoms in total. The molecule has 2 rings (SSSR count). The summed E-state index contributed by atoms with van der Waals surface area (Å²) in [7, 11) is 1.20. The van der Waals surface area contributed by atoms with Crippen molar-refractivity contribution in [3.8, 4) is 0 Å². The molecular formula is C16H13F3N2O5. The van der Waals surface area contributed by atoms with E-state index in [1.165, 1.54) is 31.4 Å². The van der Waals surface area contributed by atoms with Crippen LogP contribution in [-0.4, -0.2) is 25.2 Å². The van der Waals surface area contributed by atoms with Gasteiger partial charge in [0.25, 0.3) is 5.91 Å². The molecule has 0 aliphatic rings. The van der Waals surface area contributed by atoms with Gasteiger partial charge in [-0.3, -0.25) is 4.79 Å². The molecule has 0 aliphatic heterocycles. The molecule has 0 fully saturated rings. The molecule has 1 aromatic carbocycles. The number of methoxy groups -OCH3 is 1. The van der Waals surface area contributed by atoms with Gasteiger partial charge in [-0.2, -0.15) is 13.2 Å². The number of benzene rings is 1. The van der Waals surface area contributed by atoms with Crippen molar-refractivity contribution in [3.63, 3.8) is 0 Å². The lowest BCUT2D eigenvalue weighted by Crippen LogP contribution is -2.14. The number of hydrogen-bond donors (Lipinski definition) is 1. The number of amides is 1. The van der Waals surface area contributed by atoms with Crippen LogP contribution in [0, 0.1) is 0 Å². The first kappa shape index (κ1) is 19.0. The third kappa shape index (κ3) is 5.36. The zero-order chi connectivity index (χ0) is 19.2. The second-order valence-corrected chi connectivity index (χ2v) is 4.83. The monoisotopic (exact) mass is 370 g/mol. The maximum atomic E-state index is 12.6. The summed E-state index contributed by atoms with van der Waals surface area (Å²) < 4.78 is 47.3. The minimum atomic E-state index is -4.51. The standard InChI is InChI=1S/C16H13F3N2O5/c1-24-15(23)13-6-5-12(26-13)9-25-20-8-14(22)21-11-4-2-3-10(7-11)16(17,18)19/h2-8H,9H2,1H3,(H,21,22). The fraction of sp³-hybridized carbons (Fsp3) is 0.188. The summed E-state index contributed by atoms with van der Waals surface area (Å²) in [5.74, 6) is -1.18. The van der Waals surface area contributed by atoms with Gasteiger partial charge in [0.2, 0.25) is 5.76 Å². The number of halogens is 3. The van der Waals surface area contributed by atoms with Crippen molar-refractivity contribution in [2.45, 2.75) is 12.8 Å². The first-order valence-electron chi connectivity index (χ1n) is 7.10. The van der Waals surface area contributed by atoms with Gasteiger partial charge in [-0.1, -0.05) is 11.2 Å². The zero-order valence-corrected chi connectivity index (χ0v) is 13.4. The highest BCUT2D eigenvalue weighted by Gasteiger charge is 2.30. The van der Waals surface area contributed by atoms with Crippen LogP contribution in [-0.2, 0) is 27.2 Å². The fourth-order valence-electron chi connectivity index (χ4n) is 1.80. The number of carbonyl (C=O) groups is 2. The molecule has 0 aliphatic carbocycles. The predicted molar refractivity (Wildman–Crippen MR) is 83.4 cm³/mol. The van der Waals surface area contributed by atoms with E-state index in [1.807, 2.05) is 0 Å². The Kier molecular flexibility index (Phi) is 5.99. The molecule has 1 amide bonds. The Morgan fingerprint density at radius 3 is 2.73 bits per heavy atom. The number of oxime groups is 1. The lowest BCUT2D eigenvalue weighted by Gasteiger charge is -2.08. The average Bonchev–Trinajstić information content (AvgIpc) is 3.06. The molecule has 0 radical (unpaired) electrons. The molecule has 0 saturated carbocycles. The number of anilines is 1. The number of rotatable bonds is 6. The van der Waals surface area contributed by atoms with Gasteiger partial charge in [0, 0.05) is 5.69 Å². The summed E-state index contributed by atoms with van der Waals surface area (Å²) in [5, 5.41) is 5.60. The van der Waals surface area contributed by atoms with E-state index < -0.39 is 23.6 Å². The normalized spacial score (nSPS) is 11.4. The van der Waals surface area contributed by atoms with Crippen molar-refractivity contribution in [1.82, 2.24) is 0 Å². The Morgan fingerprint density at radius 2 is 2.04 bits per heavy atom. The molecule has 26 heavy (non-hydrogen) atoms. The van der Waals surface area contributed by atoms with E-state index in [1.54, 1.807) is 0 Å². The number of nitrogens with zero attached hydrogens (tertiary/aromatic N) is 1. The van der Waals surface area contributed by atoms with Gasteiger partial charge in [0.1, 0.15) is 12.0 Å². The number of alkyl halides is 3. The average molecular weight is 370 g/mol. The van der Waals surface area contributed by atoms with Crippen molar-refractivity contribution in [2.24, 2.45) is 5.16 Å².